The Hall–Kier alpha value is -1.46. The van der Waals surface area contributed by atoms with Crippen LogP contribution < -0.4 is 0 Å². The third kappa shape index (κ3) is 2.77. The first kappa shape index (κ1) is 14.0. The van der Waals surface area contributed by atoms with Gasteiger partial charge in [0.15, 0.2) is 0 Å². The van der Waals surface area contributed by atoms with Gasteiger partial charge in [-0.3, -0.25) is 0 Å². The molecule has 0 aliphatic rings. The van der Waals surface area contributed by atoms with E-state index in [1.165, 1.54) is 24.3 Å². The second kappa shape index (κ2) is 5.27. The SMILES string of the molecule is C=Cc1cc(F)ccc1S(=O)(=O)c1ccc(Br)cc1. The smallest absolute Gasteiger partial charge is 0.207 e. The average molecular weight is 341 g/mol. The number of sulfone groups is 1. The van der Waals surface area contributed by atoms with Crippen LogP contribution in [0, 0.1) is 5.82 Å². The van der Waals surface area contributed by atoms with Gasteiger partial charge in [-0.25, -0.2) is 12.8 Å². The van der Waals surface area contributed by atoms with Gasteiger partial charge in [0, 0.05) is 4.47 Å². The van der Waals surface area contributed by atoms with E-state index in [4.69, 9.17) is 0 Å². The predicted molar refractivity (Wildman–Crippen MR) is 76.1 cm³/mol. The lowest BCUT2D eigenvalue weighted by molar-refractivity contribution is 0.594. The van der Waals surface area contributed by atoms with Crippen molar-refractivity contribution in [3.8, 4) is 0 Å². The second-order valence-corrected chi connectivity index (χ2v) is 6.68. The van der Waals surface area contributed by atoms with Gasteiger partial charge in [0.1, 0.15) is 5.82 Å². The first-order chi connectivity index (χ1) is 8.95. The van der Waals surface area contributed by atoms with Crippen LogP contribution in [0.25, 0.3) is 6.08 Å². The highest BCUT2D eigenvalue weighted by Gasteiger charge is 2.20. The van der Waals surface area contributed by atoms with E-state index in [2.05, 4.69) is 22.5 Å². The van der Waals surface area contributed by atoms with Gasteiger partial charge >= 0.3 is 0 Å². The van der Waals surface area contributed by atoms with Crippen molar-refractivity contribution in [2.45, 2.75) is 9.79 Å². The van der Waals surface area contributed by atoms with Crippen LogP contribution in [0.4, 0.5) is 4.39 Å². The molecule has 0 aliphatic heterocycles. The fraction of sp³-hybridized carbons (Fsp3) is 0. The maximum atomic E-state index is 13.1. The fourth-order valence-electron chi connectivity index (χ4n) is 1.66. The largest absolute Gasteiger partial charge is 0.218 e. The van der Waals surface area contributed by atoms with Gasteiger partial charge < -0.3 is 0 Å². The molecule has 0 bridgehead atoms. The van der Waals surface area contributed by atoms with Crippen LogP contribution in [-0.2, 0) is 9.84 Å². The number of benzene rings is 2. The number of hydrogen-bond acceptors (Lipinski definition) is 2. The molecular weight excluding hydrogens is 331 g/mol. The van der Waals surface area contributed by atoms with E-state index in [-0.39, 0.29) is 15.4 Å². The Kier molecular flexibility index (Phi) is 3.87. The van der Waals surface area contributed by atoms with E-state index in [1.54, 1.807) is 12.1 Å². The van der Waals surface area contributed by atoms with Crippen LogP contribution in [0.1, 0.15) is 5.56 Å². The van der Waals surface area contributed by atoms with E-state index in [1.807, 2.05) is 0 Å². The van der Waals surface area contributed by atoms with Gasteiger partial charge in [-0.15, -0.1) is 0 Å². The molecule has 0 N–H and O–H groups in total. The minimum Gasteiger partial charge on any atom is -0.218 e. The molecular formula is C14H10BrFO2S. The van der Waals surface area contributed by atoms with Crippen molar-refractivity contribution in [2.75, 3.05) is 0 Å². The van der Waals surface area contributed by atoms with Crippen molar-refractivity contribution in [1.29, 1.82) is 0 Å². The molecule has 0 aromatic heterocycles. The second-order valence-electron chi connectivity index (χ2n) is 3.84. The summed E-state index contributed by atoms with van der Waals surface area (Å²) in [4.78, 5) is 0.205. The molecule has 5 heteroatoms. The maximum absolute atomic E-state index is 13.1. The van der Waals surface area contributed by atoms with E-state index in [0.29, 0.717) is 0 Å². The molecule has 0 amide bonds. The molecule has 0 saturated heterocycles. The Balaban J connectivity index is 2.63. The topological polar surface area (TPSA) is 34.1 Å². The lowest BCUT2D eigenvalue weighted by Gasteiger charge is -2.08. The Morgan fingerprint density at radius 1 is 1.11 bits per heavy atom. The highest BCUT2D eigenvalue weighted by Crippen LogP contribution is 2.26. The van der Waals surface area contributed by atoms with Crippen molar-refractivity contribution in [3.05, 3.63) is 64.9 Å². The molecule has 2 nitrogen and oxygen atoms in total. The molecule has 2 aromatic carbocycles. The summed E-state index contributed by atoms with van der Waals surface area (Å²) >= 11 is 3.25. The van der Waals surface area contributed by atoms with Gasteiger partial charge in [-0.2, -0.15) is 0 Å². The van der Waals surface area contributed by atoms with E-state index in [9.17, 15) is 12.8 Å². The van der Waals surface area contributed by atoms with Gasteiger partial charge in [0.25, 0.3) is 0 Å². The molecule has 0 saturated carbocycles. The van der Waals surface area contributed by atoms with Crippen molar-refractivity contribution < 1.29 is 12.8 Å². The van der Waals surface area contributed by atoms with Crippen molar-refractivity contribution in [3.63, 3.8) is 0 Å². The first-order valence-corrected chi connectivity index (χ1v) is 7.65. The van der Waals surface area contributed by atoms with Gasteiger partial charge in [0.2, 0.25) is 9.84 Å². The minimum absolute atomic E-state index is 0.0474. The molecule has 0 heterocycles. The quantitative estimate of drug-likeness (QED) is 0.789. The molecule has 19 heavy (non-hydrogen) atoms. The zero-order valence-electron chi connectivity index (χ0n) is 9.81. The zero-order valence-corrected chi connectivity index (χ0v) is 12.2. The first-order valence-electron chi connectivity index (χ1n) is 5.38. The van der Waals surface area contributed by atoms with Crippen LogP contribution in [0.15, 0.2) is 63.3 Å². The third-order valence-corrected chi connectivity index (χ3v) is 4.98. The highest BCUT2D eigenvalue weighted by atomic mass is 79.9. The van der Waals surface area contributed by atoms with Crippen molar-refractivity contribution >= 4 is 31.8 Å². The van der Waals surface area contributed by atoms with E-state index in [0.717, 1.165) is 16.6 Å². The zero-order chi connectivity index (χ0) is 14.0. The highest BCUT2D eigenvalue weighted by molar-refractivity contribution is 9.10. The Bertz CT molecular complexity index is 722. The van der Waals surface area contributed by atoms with E-state index >= 15 is 0 Å². The molecule has 0 aliphatic carbocycles. The van der Waals surface area contributed by atoms with Gasteiger partial charge in [-0.05, 0) is 48.0 Å². The van der Waals surface area contributed by atoms with Crippen molar-refractivity contribution in [2.24, 2.45) is 0 Å². The molecule has 0 unspecified atom stereocenters. The van der Waals surface area contributed by atoms with Gasteiger partial charge in [-0.1, -0.05) is 28.6 Å². The van der Waals surface area contributed by atoms with Crippen LogP contribution in [-0.4, -0.2) is 8.42 Å². The van der Waals surface area contributed by atoms with Crippen LogP contribution in [0.5, 0.6) is 0 Å². The summed E-state index contributed by atoms with van der Waals surface area (Å²) in [5.41, 5.74) is 0.253. The molecule has 0 spiro atoms. The van der Waals surface area contributed by atoms with Crippen LogP contribution in [0.3, 0.4) is 0 Å². The lowest BCUT2D eigenvalue weighted by Crippen LogP contribution is -2.04. The standard InChI is InChI=1S/C14H10BrFO2S/c1-2-10-9-12(16)5-8-14(10)19(17,18)13-6-3-11(15)4-7-13/h2-9H,1H2. The fourth-order valence-corrected chi connectivity index (χ4v) is 3.38. The Morgan fingerprint density at radius 2 is 1.74 bits per heavy atom. The molecule has 0 atom stereocenters. The summed E-state index contributed by atoms with van der Waals surface area (Å²) < 4.78 is 38.8. The number of hydrogen-bond donors (Lipinski definition) is 0. The number of rotatable bonds is 3. The predicted octanol–water partition coefficient (Wildman–Crippen LogP) is 4.06. The summed E-state index contributed by atoms with van der Waals surface area (Å²) in [7, 11) is -3.67. The average Bonchev–Trinajstić information content (AvgIpc) is 2.38. The molecule has 0 radical (unpaired) electrons. The monoisotopic (exact) mass is 340 g/mol. The normalized spacial score (nSPS) is 11.3. The van der Waals surface area contributed by atoms with Crippen LogP contribution >= 0.6 is 15.9 Å². The summed E-state index contributed by atoms with van der Waals surface area (Å²) in [5, 5.41) is 0. The van der Waals surface area contributed by atoms with E-state index < -0.39 is 15.7 Å². The molecule has 98 valence electrons. The molecule has 2 rings (SSSR count). The maximum Gasteiger partial charge on any atom is 0.207 e. The third-order valence-electron chi connectivity index (χ3n) is 2.61. The molecule has 0 fully saturated rings. The summed E-state index contributed by atoms with van der Waals surface area (Å²) in [6.45, 7) is 3.52. The van der Waals surface area contributed by atoms with Crippen LogP contribution in [0.2, 0.25) is 0 Å². The van der Waals surface area contributed by atoms with Crippen molar-refractivity contribution in [1.82, 2.24) is 0 Å². The summed E-state index contributed by atoms with van der Waals surface area (Å²) in [6.07, 6.45) is 1.33. The molecule has 2 aromatic rings. The Labute approximate surface area is 119 Å². The van der Waals surface area contributed by atoms with Gasteiger partial charge in [0.05, 0.1) is 9.79 Å². The summed E-state index contributed by atoms with van der Waals surface area (Å²) in [5.74, 6) is -0.496. The summed E-state index contributed by atoms with van der Waals surface area (Å²) in [6, 6.07) is 9.81. The number of halogens is 2. The minimum atomic E-state index is -3.67. The Morgan fingerprint density at radius 3 is 2.32 bits per heavy atom. The lowest BCUT2D eigenvalue weighted by atomic mass is 10.2.